The van der Waals surface area contributed by atoms with Crippen LogP contribution in [0, 0.1) is 17.1 Å². The summed E-state index contributed by atoms with van der Waals surface area (Å²) in [6.07, 6.45) is 4.32. The molecule has 0 radical (unpaired) electrons. The number of benzene rings is 1. The number of rotatable bonds is 4. The quantitative estimate of drug-likeness (QED) is 0.280. The summed E-state index contributed by atoms with van der Waals surface area (Å²) in [6.45, 7) is 11.7. The van der Waals surface area contributed by atoms with Gasteiger partial charge in [-0.25, -0.2) is 19.0 Å². The monoisotopic (exact) mass is 601 g/mol. The van der Waals surface area contributed by atoms with Crippen LogP contribution < -0.4 is 15.1 Å². The largest absolute Gasteiger partial charge is 0.444 e. The molecule has 1 saturated heterocycles. The van der Waals surface area contributed by atoms with Gasteiger partial charge in [0.15, 0.2) is 0 Å². The number of alkyl carbamates (subject to hydrolysis) is 1. The van der Waals surface area contributed by atoms with Crippen LogP contribution in [0.2, 0.25) is 0 Å². The Morgan fingerprint density at radius 3 is 2.52 bits per heavy atom. The molecule has 4 aromatic rings. The minimum atomic E-state index is -0.743. The van der Waals surface area contributed by atoms with Gasteiger partial charge in [-0.1, -0.05) is 0 Å². The number of nitriles is 1. The Hall–Kier alpha value is -4.92. The second-order valence-corrected chi connectivity index (χ2v) is 12.9. The molecule has 11 nitrogen and oxygen atoms in total. The second-order valence-electron chi connectivity index (χ2n) is 12.9. The Balaban J connectivity index is 1.66. The van der Waals surface area contributed by atoms with Gasteiger partial charge >= 0.3 is 12.2 Å². The number of aromatic amines is 1. The van der Waals surface area contributed by atoms with Gasteiger partial charge in [-0.3, -0.25) is 9.88 Å². The molecule has 0 aliphatic carbocycles. The molecule has 5 rings (SSSR count). The average Bonchev–Trinajstić information content (AvgIpc) is 3.54. The molecule has 2 N–H and O–H groups in total. The first-order chi connectivity index (χ1) is 20.6. The number of ether oxygens (including phenoxy) is 2. The summed E-state index contributed by atoms with van der Waals surface area (Å²) in [5, 5.41) is 13.6. The molecule has 1 aliphatic heterocycles. The van der Waals surface area contributed by atoms with E-state index in [0.717, 1.165) is 5.69 Å². The summed E-state index contributed by atoms with van der Waals surface area (Å²) in [5.41, 5.74) is 2.37. The van der Waals surface area contributed by atoms with Gasteiger partial charge in [-0.15, -0.1) is 0 Å². The molecular weight excluding hydrogens is 565 g/mol. The Morgan fingerprint density at radius 2 is 1.84 bits per heavy atom. The first-order valence-electron chi connectivity index (χ1n) is 14.3. The summed E-state index contributed by atoms with van der Waals surface area (Å²) in [4.78, 5) is 41.1. The third-order valence-corrected chi connectivity index (χ3v) is 7.08. The van der Waals surface area contributed by atoms with Crippen LogP contribution >= 0.6 is 0 Å². The van der Waals surface area contributed by atoms with Crippen LogP contribution in [0.3, 0.4) is 0 Å². The van der Waals surface area contributed by atoms with E-state index in [1.54, 1.807) is 39.2 Å². The van der Waals surface area contributed by atoms with E-state index in [-0.39, 0.29) is 6.04 Å². The SMILES string of the molecule is CN(C(=O)OC(C)(C)C)c1cc(F)cc2c1[nH]c1ncc(-c3cncc(C#N)c3)c(N3CCC(NC(=O)OC(C)(C)C)C3)c12. The molecule has 3 aromatic heterocycles. The fourth-order valence-corrected chi connectivity index (χ4v) is 5.33. The number of halogens is 1. The fraction of sp³-hybridized carbons (Fsp3) is 0.406. The van der Waals surface area contributed by atoms with Gasteiger partial charge in [-0.05, 0) is 66.2 Å². The minimum Gasteiger partial charge on any atom is -0.444 e. The number of pyridine rings is 2. The highest BCUT2D eigenvalue weighted by atomic mass is 19.1. The molecule has 2 amide bonds. The molecule has 1 atom stereocenters. The van der Waals surface area contributed by atoms with Crippen molar-refractivity contribution >= 4 is 45.5 Å². The van der Waals surface area contributed by atoms with E-state index >= 15 is 4.39 Å². The summed E-state index contributed by atoms with van der Waals surface area (Å²) >= 11 is 0. The summed E-state index contributed by atoms with van der Waals surface area (Å²) in [7, 11) is 1.53. The number of H-pyrrole nitrogens is 1. The van der Waals surface area contributed by atoms with Crippen molar-refractivity contribution in [1.29, 1.82) is 5.26 Å². The zero-order chi connectivity index (χ0) is 32.0. The zero-order valence-electron chi connectivity index (χ0n) is 25.9. The zero-order valence-corrected chi connectivity index (χ0v) is 25.9. The van der Waals surface area contributed by atoms with Gasteiger partial charge in [-0.2, -0.15) is 5.26 Å². The third kappa shape index (κ3) is 6.37. The lowest BCUT2D eigenvalue weighted by molar-refractivity contribution is 0.0507. The molecule has 4 heterocycles. The number of nitrogens with one attached hydrogen (secondary N) is 2. The van der Waals surface area contributed by atoms with Crippen molar-refractivity contribution in [3.05, 3.63) is 48.2 Å². The Morgan fingerprint density at radius 1 is 1.11 bits per heavy atom. The predicted molar refractivity (Wildman–Crippen MR) is 166 cm³/mol. The van der Waals surface area contributed by atoms with Crippen LogP contribution in [0.1, 0.15) is 53.5 Å². The number of carbonyl (C=O) groups excluding carboxylic acids is 2. The van der Waals surface area contributed by atoms with Crippen LogP contribution in [0.25, 0.3) is 33.1 Å². The third-order valence-electron chi connectivity index (χ3n) is 7.08. The number of hydrogen-bond acceptors (Lipinski definition) is 8. The van der Waals surface area contributed by atoms with Crippen LogP contribution in [0.15, 0.2) is 36.8 Å². The summed E-state index contributed by atoms with van der Waals surface area (Å²) in [5.74, 6) is -0.542. The lowest BCUT2D eigenvalue weighted by atomic mass is 10.0. The van der Waals surface area contributed by atoms with Crippen molar-refractivity contribution in [2.45, 2.75) is 65.2 Å². The normalized spacial score (nSPS) is 15.3. The lowest BCUT2D eigenvalue weighted by Gasteiger charge is -2.25. The Bertz CT molecular complexity index is 1800. The maximum atomic E-state index is 15.3. The summed E-state index contributed by atoms with van der Waals surface area (Å²) in [6, 6.07) is 6.33. The van der Waals surface area contributed by atoms with Crippen molar-refractivity contribution in [2.24, 2.45) is 0 Å². The summed E-state index contributed by atoms with van der Waals surface area (Å²) < 4.78 is 26.3. The lowest BCUT2D eigenvalue weighted by Crippen LogP contribution is -2.40. The van der Waals surface area contributed by atoms with Crippen molar-refractivity contribution in [2.75, 3.05) is 29.9 Å². The molecule has 0 saturated carbocycles. The van der Waals surface area contributed by atoms with E-state index in [9.17, 15) is 14.9 Å². The standard InChI is InChI=1S/C32H36FN7O4/c1-31(2,3)43-29(41)37-21-8-9-40(17-21)27-23(19-10-18(13-34)14-35-15-19)16-36-28-25(27)22-11-20(33)12-24(26(22)38-28)39(7)30(42)44-32(4,5)6/h10-12,14-16,21H,8-9,17H2,1-7H3,(H,36,38)(H,37,41). The van der Waals surface area contributed by atoms with E-state index in [0.29, 0.717) is 63.8 Å². The van der Waals surface area contributed by atoms with Crippen molar-refractivity contribution < 1.29 is 23.5 Å². The number of aromatic nitrogens is 3. The van der Waals surface area contributed by atoms with E-state index in [1.807, 2.05) is 20.8 Å². The highest BCUT2D eigenvalue weighted by molar-refractivity contribution is 6.18. The van der Waals surface area contributed by atoms with Gasteiger partial charge in [0, 0.05) is 55.2 Å². The smallest absolute Gasteiger partial charge is 0.414 e. The topological polar surface area (TPSA) is 136 Å². The minimum absolute atomic E-state index is 0.208. The number of carbonyl (C=O) groups is 2. The predicted octanol–water partition coefficient (Wildman–Crippen LogP) is 6.26. The number of nitrogens with zero attached hydrogens (tertiary/aromatic N) is 5. The highest BCUT2D eigenvalue weighted by Crippen LogP contribution is 2.43. The second kappa shape index (κ2) is 11.3. The van der Waals surface area contributed by atoms with Crippen molar-refractivity contribution in [3.63, 3.8) is 0 Å². The molecule has 44 heavy (non-hydrogen) atoms. The molecule has 230 valence electrons. The van der Waals surface area contributed by atoms with Crippen molar-refractivity contribution in [3.8, 4) is 17.2 Å². The van der Waals surface area contributed by atoms with Gasteiger partial charge in [0.05, 0.1) is 33.9 Å². The van der Waals surface area contributed by atoms with Gasteiger partial charge in [0.1, 0.15) is 28.7 Å². The number of amides is 2. The van der Waals surface area contributed by atoms with E-state index in [1.165, 1.54) is 30.3 Å². The molecule has 12 heteroatoms. The molecule has 0 bridgehead atoms. The molecule has 1 unspecified atom stereocenters. The van der Waals surface area contributed by atoms with E-state index < -0.39 is 29.2 Å². The molecule has 1 aliphatic rings. The van der Waals surface area contributed by atoms with E-state index in [4.69, 9.17) is 9.47 Å². The Labute approximate surface area is 255 Å². The number of anilines is 2. The highest BCUT2D eigenvalue weighted by Gasteiger charge is 2.31. The maximum Gasteiger partial charge on any atom is 0.414 e. The average molecular weight is 602 g/mol. The fourth-order valence-electron chi connectivity index (χ4n) is 5.33. The van der Waals surface area contributed by atoms with Gasteiger partial charge < -0.3 is 24.7 Å². The molecule has 1 fully saturated rings. The molecule has 1 aromatic carbocycles. The van der Waals surface area contributed by atoms with Crippen LogP contribution in [0.5, 0.6) is 0 Å². The number of hydrogen-bond donors (Lipinski definition) is 2. The van der Waals surface area contributed by atoms with Crippen LogP contribution in [0.4, 0.5) is 25.4 Å². The first kappa shape index (κ1) is 30.5. The maximum absolute atomic E-state index is 15.3. The molecular formula is C32H36FN7O4. The van der Waals surface area contributed by atoms with Crippen LogP contribution in [-0.4, -0.2) is 64.5 Å². The molecule has 0 spiro atoms. The van der Waals surface area contributed by atoms with Gasteiger partial charge in [0.25, 0.3) is 0 Å². The van der Waals surface area contributed by atoms with Crippen LogP contribution in [-0.2, 0) is 9.47 Å². The Kier molecular flexibility index (Phi) is 7.84. The number of fused-ring (bicyclic) bond motifs is 3. The van der Waals surface area contributed by atoms with Gasteiger partial charge in [0.2, 0.25) is 0 Å². The van der Waals surface area contributed by atoms with Crippen molar-refractivity contribution in [1.82, 2.24) is 20.3 Å². The first-order valence-corrected chi connectivity index (χ1v) is 14.3. The van der Waals surface area contributed by atoms with E-state index in [2.05, 4.69) is 31.2 Å².